The van der Waals surface area contributed by atoms with Crippen molar-refractivity contribution in [2.75, 3.05) is 24.5 Å². The van der Waals surface area contributed by atoms with Gasteiger partial charge in [-0.25, -0.2) is 0 Å². The van der Waals surface area contributed by atoms with Crippen LogP contribution in [0.15, 0.2) is 24.3 Å². The molecule has 2 fully saturated rings. The lowest BCUT2D eigenvalue weighted by atomic mass is 10.1. The van der Waals surface area contributed by atoms with Crippen molar-refractivity contribution in [1.29, 1.82) is 0 Å². The number of carbonyl (C=O) groups is 1. The first-order valence-electron chi connectivity index (χ1n) is 7.52. The molecule has 20 heavy (non-hydrogen) atoms. The van der Waals surface area contributed by atoms with Crippen LogP contribution in [0.4, 0.5) is 5.69 Å². The van der Waals surface area contributed by atoms with Gasteiger partial charge in [-0.3, -0.25) is 9.69 Å². The Morgan fingerprint density at radius 1 is 1.20 bits per heavy atom. The smallest absolute Gasteiger partial charge is 0.228 e. The molecule has 1 aromatic rings. The van der Waals surface area contributed by atoms with Gasteiger partial charge in [-0.2, -0.15) is 12.6 Å². The summed E-state index contributed by atoms with van der Waals surface area (Å²) in [4.78, 5) is 16.3. The van der Waals surface area contributed by atoms with E-state index in [0.29, 0.717) is 6.42 Å². The minimum Gasteiger partial charge on any atom is -0.311 e. The van der Waals surface area contributed by atoms with E-state index in [1.165, 1.54) is 37.9 Å². The van der Waals surface area contributed by atoms with Gasteiger partial charge in [0.1, 0.15) is 0 Å². The van der Waals surface area contributed by atoms with Crippen LogP contribution in [0.5, 0.6) is 0 Å². The minimum absolute atomic E-state index is 0.174. The zero-order chi connectivity index (χ0) is 13.9. The number of hydrogen-bond donors (Lipinski definition) is 1. The molecule has 1 unspecified atom stereocenters. The number of amides is 1. The Morgan fingerprint density at radius 3 is 2.70 bits per heavy atom. The number of thiol groups is 1. The summed E-state index contributed by atoms with van der Waals surface area (Å²) in [6.07, 6.45) is 4.54. The number of carbonyl (C=O) groups excluding carboxylic acids is 1. The van der Waals surface area contributed by atoms with E-state index in [9.17, 15) is 4.79 Å². The Balaban J connectivity index is 1.70. The minimum atomic E-state index is 0.174. The van der Waals surface area contributed by atoms with E-state index in [4.69, 9.17) is 0 Å². The molecule has 3 nitrogen and oxygen atoms in total. The highest BCUT2D eigenvalue weighted by Crippen LogP contribution is 2.25. The predicted molar refractivity (Wildman–Crippen MR) is 85.3 cm³/mol. The van der Waals surface area contributed by atoms with Crippen LogP contribution in [0.2, 0.25) is 0 Å². The molecule has 2 saturated heterocycles. The third-order valence-electron chi connectivity index (χ3n) is 4.18. The van der Waals surface area contributed by atoms with Crippen molar-refractivity contribution in [2.24, 2.45) is 0 Å². The van der Waals surface area contributed by atoms with E-state index < -0.39 is 0 Å². The Kier molecular flexibility index (Phi) is 4.32. The largest absolute Gasteiger partial charge is 0.311 e. The summed E-state index contributed by atoms with van der Waals surface area (Å²) in [7, 11) is 0. The van der Waals surface area contributed by atoms with E-state index in [2.05, 4.69) is 35.7 Å². The molecule has 2 aliphatic heterocycles. The van der Waals surface area contributed by atoms with Crippen LogP contribution in [-0.2, 0) is 11.3 Å². The molecule has 1 aromatic carbocycles. The maximum atomic E-state index is 12.0. The number of hydrogen-bond acceptors (Lipinski definition) is 3. The Bertz CT molecular complexity index is 485. The molecule has 0 aromatic heterocycles. The van der Waals surface area contributed by atoms with Gasteiger partial charge in [0.15, 0.2) is 0 Å². The number of benzene rings is 1. The van der Waals surface area contributed by atoms with Gasteiger partial charge < -0.3 is 4.90 Å². The molecule has 0 radical (unpaired) electrons. The van der Waals surface area contributed by atoms with Gasteiger partial charge in [0, 0.05) is 30.4 Å². The first-order valence-corrected chi connectivity index (χ1v) is 8.04. The average molecular weight is 290 g/mol. The molecule has 2 aliphatic rings. The summed E-state index contributed by atoms with van der Waals surface area (Å²) in [6, 6.07) is 8.42. The standard InChI is InChI=1S/C16H22N2OS/c19-16-10-15(20)12-18(16)14-6-4-5-13(9-14)11-17-7-2-1-3-8-17/h4-6,9,15,20H,1-3,7-8,10-12H2. The maximum absolute atomic E-state index is 12.0. The van der Waals surface area contributed by atoms with Gasteiger partial charge >= 0.3 is 0 Å². The molecule has 108 valence electrons. The second kappa shape index (κ2) is 6.19. The number of likely N-dealkylation sites (tertiary alicyclic amines) is 1. The number of anilines is 1. The molecule has 4 heteroatoms. The summed E-state index contributed by atoms with van der Waals surface area (Å²) in [5, 5.41) is 0.174. The summed E-state index contributed by atoms with van der Waals surface area (Å²) in [5.74, 6) is 0.195. The second-order valence-electron chi connectivity index (χ2n) is 5.87. The highest BCUT2D eigenvalue weighted by Gasteiger charge is 2.28. The SMILES string of the molecule is O=C1CC(S)CN1c1cccc(CN2CCCCC2)c1. The van der Waals surface area contributed by atoms with Crippen molar-refractivity contribution in [2.45, 2.75) is 37.5 Å². The molecular formula is C16H22N2OS. The second-order valence-corrected chi connectivity index (χ2v) is 6.60. The van der Waals surface area contributed by atoms with E-state index in [1.54, 1.807) is 0 Å². The number of nitrogens with zero attached hydrogens (tertiary/aromatic N) is 2. The number of piperidine rings is 1. The van der Waals surface area contributed by atoms with Crippen LogP contribution in [0.1, 0.15) is 31.2 Å². The fourth-order valence-corrected chi connectivity index (χ4v) is 3.46. The quantitative estimate of drug-likeness (QED) is 0.865. The van der Waals surface area contributed by atoms with Crippen molar-refractivity contribution < 1.29 is 4.79 Å². The zero-order valence-corrected chi connectivity index (χ0v) is 12.7. The molecule has 0 saturated carbocycles. The van der Waals surface area contributed by atoms with E-state index in [-0.39, 0.29) is 11.2 Å². The molecule has 0 bridgehead atoms. The van der Waals surface area contributed by atoms with Gasteiger partial charge in [0.05, 0.1) is 0 Å². The van der Waals surface area contributed by atoms with Crippen LogP contribution >= 0.6 is 12.6 Å². The van der Waals surface area contributed by atoms with E-state index in [0.717, 1.165) is 18.8 Å². The summed E-state index contributed by atoms with van der Waals surface area (Å²) in [6.45, 7) is 4.13. The Labute approximate surface area is 126 Å². The predicted octanol–water partition coefficient (Wildman–Crippen LogP) is 2.71. The van der Waals surface area contributed by atoms with Gasteiger partial charge in [0.25, 0.3) is 0 Å². The van der Waals surface area contributed by atoms with Crippen LogP contribution in [0.25, 0.3) is 0 Å². The van der Waals surface area contributed by atoms with Crippen LogP contribution < -0.4 is 4.90 Å². The van der Waals surface area contributed by atoms with Crippen molar-refractivity contribution in [3.63, 3.8) is 0 Å². The van der Waals surface area contributed by atoms with Crippen LogP contribution in [0.3, 0.4) is 0 Å². The maximum Gasteiger partial charge on any atom is 0.228 e. The van der Waals surface area contributed by atoms with Gasteiger partial charge in [0.2, 0.25) is 5.91 Å². The molecule has 1 atom stereocenters. The monoisotopic (exact) mass is 290 g/mol. The molecule has 0 spiro atoms. The molecular weight excluding hydrogens is 268 g/mol. The van der Waals surface area contributed by atoms with E-state index in [1.807, 2.05) is 11.0 Å². The lowest BCUT2D eigenvalue weighted by molar-refractivity contribution is -0.117. The highest BCUT2D eigenvalue weighted by atomic mass is 32.1. The molecule has 0 aliphatic carbocycles. The fraction of sp³-hybridized carbons (Fsp3) is 0.562. The van der Waals surface area contributed by atoms with Crippen molar-refractivity contribution in [3.05, 3.63) is 29.8 Å². The molecule has 3 rings (SSSR count). The summed E-state index contributed by atoms with van der Waals surface area (Å²) >= 11 is 4.42. The van der Waals surface area contributed by atoms with Crippen LogP contribution in [-0.4, -0.2) is 35.7 Å². The Hall–Kier alpha value is -1.00. The summed E-state index contributed by atoms with van der Waals surface area (Å²) < 4.78 is 0. The Morgan fingerprint density at radius 2 is 2.00 bits per heavy atom. The molecule has 2 heterocycles. The lowest BCUT2D eigenvalue weighted by Crippen LogP contribution is -2.29. The van der Waals surface area contributed by atoms with Gasteiger partial charge in [-0.1, -0.05) is 18.6 Å². The first kappa shape index (κ1) is 14.0. The normalized spacial score (nSPS) is 24.4. The fourth-order valence-electron chi connectivity index (χ4n) is 3.14. The zero-order valence-electron chi connectivity index (χ0n) is 11.8. The van der Waals surface area contributed by atoms with Gasteiger partial charge in [-0.15, -0.1) is 0 Å². The first-order chi connectivity index (χ1) is 9.72. The number of rotatable bonds is 3. The van der Waals surface area contributed by atoms with Crippen LogP contribution in [0, 0.1) is 0 Å². The third kappa shape index (κ3) is 3.18. The highest BCUT2D eigenvalue weighted by molar-refractivity contribution is 7.81. The topological polar surface area (TPSA) is 23.6 Å². The molecule has 1 amide bonds. The van der Waals surface area contributed by atoms with Crippen molar-refractivity contribution >= 4 is 24.2 Å². The van der Waals surface area contributed by atoms with Crippen molar-refractivity contribution in [3.8, 4) is 0 Å². The van der Waals surface area contributed by atoms with Crippen molar-refractivity contribution in [1.82, 2.24) is 4.90 Å². The van der Waals surface area contributed by atoms with Gasteiger partial charge in [-0.05, 0) is 43.6 Å². The lowest BCUT2D eigenvalue weighted by Gasteiger charge is -2.27. The van der Waals surface area contributed by atoms with E-state index >= 15 is 0 Å². The molecule has 0 N–H and O–H groups in total. The third-order valence-corrected chi connectivity index (χ3v) is 4.53. The average Bonchev–Trinajstić information content (AvgIpc) is 2.79. The summed E-state index contributed by atoms with van der Waals surface area (Å²) in [5.41, 5.74) is 2.33.